The molecule has 1 aliphatic heterocycles. The Labute approximate surface area is 101 Å². The lowest BCUT2D eigenvalue weighted by atomic mass is 10.1. The average Bonchev–Trinajstić information content (AvgIpc) is 2.49. The molecule has 0 aliphatic carbocycles. The Hall–Kier alpha value is -1.68. The minimum Gasteiger partial charge on any atom is -0.295 e. The second-order valence-electron chi connectivity index (χ2n) is 5.16. The van der Waals surface area contributed by atoms with Crippen LogP contribution in [0.3, 0.4) is 0 Å². The molecule has 1 aliphatic rings. The minimum atomic E-state index is -0.456. The average molecular weight is 232 g/mol. The van der Waals surface area contributed by atoms with Crippen LogP contribution < -0.4 is 10.2 Å². The Kier molecular flexibility index (Phi) is 2.75. The third-order valence-corrected chi connectivity index (χ3v) is 2.65. The van der Waals surface area contributed by atoms with E-state index in [2.05, 4.69) is 5.32 Å². The summed E-state index contributed by atoms with van der Waals surface area (Å²) >= 11 is 0. The molecule has 0 atom stereocenters. The summed E-state index contributed by atoms with van der Waals surface area (Å²) in [6.07, 6.45) is 0. The molecular weight excluding hydrogens is 216 g/mol. The van der Waals surface area contributed by atoms with Gasteiger partial charge in [0, 0.05) is 5.54 Å². The Balaban J connectivity index is 2.25. The van der Waals surface area contributed by atoms with Gasteiger partial charge in [0.2, 0.25) is 0 Å². The topological polar surface area (TPSA) is 49.4 Å². The van der Waals surface area contributed by atoms with Crippen LogP contribution in [0, 0.1) is 0 Å². The highest BCUT2D eigenvalue weighted by atomic mass is 16.2. The molecule has 1 aromatic rings. The number of rotatable bonds is 2. The maximum atomic E-state index is 11.8. The Bertz CT molecular complexity index is 475. The van der Waals surface area contributed by atoms with Crippen molar-refractivity contribution >= 4 is 17.4 Å². The van der Waals surface area contributed by atoms with Crippen LogP contribution in [0.4, 0.5) is 5.69 Å². The van der Waals surface area contributed by atoms with Crippen molar-refractivity contribution in [3.8, 4) is 0 Å². The quantitative estimate of drug-likeness (QED) is 0.787. The van der Waals surface area contributed by atoms with E-state index in [0.29, 0.717) is 17.9 Å². The van der Waals surface area contributed by atoms with Crippen molar-refractivity contribution in [2.75, 3.05) is 11.6 Å². The highest BCUT2D eigenvalue weighted by Crippen LogP contribution is 2.27. The summed E-state index contributed by atoms with van der Waals surface area (Å²) in [6, 6.07) is 7.08. The normalized spacial score (nSPS) is 15.4. The number of hydrogen-bond acceptors (Lipinski definition) is 3. The number of anilines is 1. The summed E-state index contributed by atoms with van der Waals surface area (Å²) in [7, 11) is 0. The lowest BCUT2D eigenvalue weighted by Gasteiger charge is -2.25. The predicted octanol–water partition coefficient (Wildman–Crippen LogP) is 1.56. The van der Waals surface area contributed by atoms with E-state index in [4.69, 9.17) is 0 Å². The number of fused-ring (bicyclic) bond motifs is 1. The Morgan fingerprint density at radius 1 is 1.18 bits per heavy atom. The molecule has 4 nitrogen and oxygen atoms in total. The number of benzene rings is 1. The van der Waals surface area contributed by atoms with E-state index in [9.17, 15) is 9.59 Å². The number of carbonyl (C=O) groups is 2. The first kappa shape index (κ1) is 11.8. The second kappa shape index (κ2) is 3.96. The summed E-state index contributed by atoms with van der Waals surface area (Å²) in [5.74, 6) is -0.876. The van der Waals surface area contributed by atoms with Gasteiger partial charge in [0.05, 0.1) is 17.9 Å². The first-order valence-corrected chi connectivity index (χ1v) is 5.60. The van der Waals surface area contributed by atoms with E-state index < -0.39 is 11.7 Å². The van der Waals surface area contributed by atoms with Crippen LogP contribution in [0.15, 0.2) is 24.3 Å². The number of Topliss-reactive ketones (excluding diaryl/α,β-unsaturated/α-hetero) is 1. The molecule has 0 spiro atoms. The Morgan fingerprint density at radius 2 is 1.82 bits per heavy atom. The van der Waals surface area contributed by atoms with Crippen molar-refractivity contribution in [3.63, 3.8) is 0 Å². The van der Waals surface area contributed by atoms with E-state index in [1.54, 1.807) is 18.2 Å². The fourth-order valence-corrected chi connectivity index (χ4v) is 1.72. The number of carbonyl (C=O) groups excluding carboxylic acids is 2. The molecular formula is C13H16N2O2. The molecule has 0 unspecified atom stereocenters. The minimum absolute atomic E-state index is 0.0964. The molecule has 90 valence electrons. The zero-order valence-corrected chi connectivity index (χ0v) is 10.3. The van der Waals surface area contributed by atoms with E-state index >= 15 is 0 Å². The summed E-state index contributed by atoms with van der Waals surface area (Å²) in [5, 5.41) is 3.21. The standard InChI is InChI=1S/C13H16N2O2/c1-13(2,3)14-8-15-10-7-5-4-6-9(10)11(16)12(15)17/h4-7,14H,8H2,1-3H3. The van der Waals surface area contributed by atoms with Crippen LogP contribution in [0.2, 0.25) is 0 Å². The molecule has 1 N–H and O–H groups in total. The molecule has 0 bridgehead atoms. The largest absolute Gasteiger partial charge is 0.300 e. The van der Waals surface area contributed by atoms with Crippen molar-refractivity contribution in [2.45, 2.75) is 26.3 Å². The fraction of sp³-hybridized carbons (Fsp3) is 0.385. The molecule has 4 heteroatoms. The first-order valence-electron chi connectivity index (χ1n) is 5.60. The van der Waals surface area contributed by atoms with Crippen molar-refractivity contribution in [1.82, 2.24) is 5.32 Å². The summed E-state index contributed by atoms with van der Waals surface area (Å²) < 4.78 is 0. The molecule has 0 saturated heterocycles. The van der Waals surface area contributed by atoms with Crippen molar-refractivity contribution in [1.29, 1.82) is 0 Å². The number of hydrogen-bond donors (Lipinski definition) is 1. The van der Waals surface area contributed by atoms with Crippen LogP contribution in [0.5, 0.6) is 0 Å². The number of nitrogens with one attached hydrogen (secondary N) is 1. The lowest BCUT2D eigenvalue weighted by molar-refractivity contribution is -0.114. The predicted molar refractivity (Wildman–Crippen MR) is 66.0 cm³/mol. The lowest BCUT2D eigenvalue weighted by Crippen LogP contribution is -2.46. The summed E-state index contributed by atoms with van der Waals surface area (Å²) in [6.45, 7) is 6.40. The molecule has 0 aromatic heterocycles. The first-order chi connectivity index (χ1) is 7.90. The zero-order valence-electron chi connectivity index (χ0n) is 10.3. The van der Waals surface area contributed by atoms with E-state index in [-0.39, 0.29) is 5.54 Å². The van der Waals surface area contributed by atoms with Gasteiger partial charge in [-0.05, 0) is 32.9 Å². The van der Waals surface area contributed by atoms with E-state index in [1.807, 2.05) is 26.8 Å². The van der Waals surface area contributed by atoms with Crippen LogP contribution in [-0.2, 0) is 4.79 Å². The molecule has 0 fully saturated rings. The third-order valence-electron chi connectivity index (χ3n) is 2.65. The van der Waals surface area contributed by atoms with Gasteiger partial charge in [-0.1, -0.05) is 12.1 Å². The van der Waals surface area contributed by atoms with Crippen molar-refractivity contribution in [2.24, 2.45) is 0 Å². The maximum Gasteiger partial charge on any atom is 0.300 e. The molecule has 1 heterocycles. The maximum absolute atomic E-state index is 11.8. The summed E-state index contributed by atoms with van der Waals surface area (Å²) in [4.78, 5) is 25.0. The fourth-order valence-electron chi connectivity index (χ4n) is 1.72. The molecule has 1 amide bonds. The molecule has 0 saturated carbocycles. The van der Waals surface area contributed by atoms with Crippen molar-refractivity contribution < 1.29 is 9.59 Å². The number of amides is 1. The van der Waals surface area contributed by atoms with Gasteiger partial charge >= 0.3 is 5.91 Å². The van der Waals surface area contributed by atoms with Crippen LogP contribution in [0.1, 0.15) is 31.1 Å². The van der Waals surface area contributed by atoms with Gasteiger partial charge in [0.25, 0.3) is 5.78 Å². The zero-order chi connectivity index (χ0) is 12.6. The van der Waals surface area contributed by atoms with E-state index in [1.165, 1.54) is 4.90 Å². The van der Waals surface area contributed by atoms with Crippen LogP contribution >= 0.6 is 0 Å². The Morgan fingerprint density at radius 3 is 2.47 bits per heavy atom. The number of para-hydroxylation sites is 1. The van der Waals surface area contributed by atoms with Crippen LogP contribution in [-0.4, -0.2) is 23.9 Å². The van der Waals surface area contributed by atoms with Gasteiger partial charge in [-0.3, -0.25) is 19.8 Å². The molecule has 2 rings (SSSR count). The van der Waals surface area contributed by atoms with Crippen molar-refractivity contribution in [3.05, 3.63) is 29.8 Å². The van der Waals surface area contributed by atoms with Gasteiger partial charge in [-0.25, -0.2) is 0 Å². The number of nitrogens with zero attached hydrogens (tertiary/aromatic N) is 1. The van der Waals surface area contributed by atoms with Crippen LogP contribution in [0.25, 0.3) is 0 Å². The smallest absolute Gasteiger partial charge is 0.295 e. The molecule has 17 heavy (non-hydrogen) atoms. The molecule has 1 aromatic carbocycles. The highest BCUT2D eigenvalue weighted by Gasteiger charge is 2.35. The second-order valence-corrected chi connectivity index (χ2v) is 5.16. The van der Waals surface area contributed by atoms with Gasteiger partial charge in [-0.2, -0.15) is 0 Å². The number of ketones is 1. The highest BCUT2D eigenvalue weighted by molar-refractivity contribution is 6.52. The SMILES string of the molecule is CC(C)(C)NCN1C(=O)C(=O)c2ccccc21. The van der Waals surface area contributed by atoms with Gasteiger partial charge in [-0.15, -0.1) is 0 Å². The van der Waals surface area contributed by atoms with Gasteiger partial charge < -0.3 is 0 Å². The van der Waals surface area contributed by atoms with Gasteiger partial charge in [0.15, 0.2) is 0 Å². The molecule has 0 radical (unpaired) electrons. The third kappa shape index (κ3) is 2.22. The monoisotopic (exact) mass is 232 g/mol. The van der Waals surface area contributed by atoms with Gasteiger partial charge in [0.1, 0.15) is 0 Å². The van der Waals surface area contributed by atoms with E-state index in [0.717, 1.165) is 0 Å². The summed E-state index contributed by atoms with van der Waals surface area (Å²) in [5.41, 5.74) is 1.09.